The molecule has 24 heavy (non-hydrogen) atoms. The lowest BCUT2D eigenvalue weighted by Gasteiger charge is -2.04. The third kappa shape index (κ3) is 3.46. The number of carbonyl (C=O) groups is 2. The van der Waals surface area contributed by atoms with Crippen LogP contribution in [0.1, 0.15) is 10.4 Å². The molecule has 0 spiro atoms. The summed E-state index contributed by atoms with van der Waals surface area (Å²) in [7, 11) is 0. The summed E-state index contributed by atoms with van der Waals surface area (Å²) in [5, 5.41) is 9.87. The van der Waals surface area contributed by atoms with Gasteiger partial charge in [-0.15, -0.1) is 5.10 Å². The first-order valence-electron chi connectivity index (χ1n) is 7.00. The first-order valence-corrected chi connectivity index (χ1v) is 7.00. The molecule has 1 aliphatic heterocycles. The molecule has 6 nitrogen and oxygen atoms in total. The molecule has 0 saturated heterocycles. The maximum atomic E-state index is 12.9. The molecule has 2 aromatic rings. The van der Waals surface area contributed by atoms with E-state index in [0.717, 1.165) is 0 Å². The summed E-state index contributed by atoms with van der Waals surface area (Å²) in [6.07, 6.45) is 1.24. The van der Waals surface area contributed by atoms with Crippen LogP contribution in [0.15, 0.2) is 69.8 Å². The van der Waals surface area contributed by atoms with E-state index in [1.807, 2.05) is 0 Å². The van der Waals surface area contributed by atoms with Gasteiger partial charge in [0.25, 0.3) is 11.8 Å². The Morgan fingerprint density at radius 1 is 1.00 bits per heavy atom. The fraction of sp³-hybridized carbons (Fsp3) is 0. The number of benzene rings is 2. The van der Waals surface area contributed by atoms with Crippen molar-refractivity contribution < 1.29 is 14.0 Å². The van der Waals surface area contributed by atoms with E-state index in [1.165, 1.54) is 30.5 Å². The monoisotopic (exact) mass is 322 g/mol. The van der Waals surface area contributed by atoms with Crippen molar-refractivity contribution >= 4 is 35.1 Å². The third-order valence-corrected chi connectivity index (χ3v) is 3.14. The van der Waals surface area contributed by atoms with Gasteiger partial charge in [-0.25, -0.2) is 9.38 Å². The van der Waals surface area contributed by atoms with Crippen molar-refractivity contribution in [2.45, 2.75) is 0 Å². The standard InChI is InChI=1S/C17H11FN4O2/c18-12-6-8-13(9-7-12)20-17(24)15-14(10-19-22-15)21-16(23)11-4-2-1-3-5-11/h1-10H,(H,20,24)/b21-14+. The Morgan fingerprint density at radius 3 is 2.42 bits per heavy atom. The van der Waals surface area contributed by atoms with Crippen molar-refractivity contribution in [3.05, 3.63) is 66.0 Å². The van der Waals surface area contributed by atoms with E-state index >= 15 is 0 Å². The average Bonchev–Trinajstić information content (AvgIpc) is 3.06. The number of rotatable bonds is 3. The van der Waals surface area contributed by atoms with Crippen molar-refractivity contribution in [3.63, 3.8) is 0 Å². The van der Waals surface area contributed by atoms with Gasteiger partial charge >= 0.3 is 0 Å². The third-order valence-electron chi connectivity index (χ3n) is 3.14. The van der Waals surface area contributed by atoms with Crippen LogP contribution >= 0.6 is 0 Å². The first kappa shape index (κ1) is 15.4. The topological polar surface area (TPSA) is 83.2 Å². The van der Waals surface area contributed by atoms with Gasteiger partial charge in [0.2, 0.25) is 0 Å². The summed E-state index contributed by atoms with van der Waals surface area (Å²) in [6, 6.07) is 13.7. The molecule has 0 radical (unpaired) electrons. The lowest BCUT2D eigenvalue weighted by molar-refractivity contribution is -0.110. The average molecular weight is 322 g/mol. The summed E-state index contributed by atoms with van der Waals surface area (Å²) in [6.45, 7) is 0. The van der Waals surface area contributed by atoms with E-state index in [0.29, 0.717) is 11.3 Å². The van der Waals surface area contributed by atoms with Gasteiger partial charge in [-0.3, -0.25) is 9.59 Å². The second-order valence-corrected chi connectivity index (χ2v) is 4.82. The van der Waals surface area contributed by atoms with Crippen molar-refractivity contribution in [1.29, 1.82) is 0 Å². The molecule has 118 valence electrons. The number of hydrogen-bond donors (Lipinski definition) is 1. The molecule has 1 aliphatic rings. The van der Waals surface area contributed by atoms with E-state index in [1.54, 1.807) is 30.3 Å². The second kappa shape index (κ2) is 6.74. The largest absolute Gasteiger partial charge is 0.321 e. The normalized spacial score (nSPS) is 14.5. The Kier molecular flexibility index (Phi) is 4.33. The summed E-state index contributed by atoms with van der Waals surface area (Å²) in [4.78, 5) is 28.2. The highest BCUT2D eigenvalue weighted by molar-refractivity contribution is 6.81. The molecule has 2 aromatic carbocycles. The zero-order chi connectivity index (χ0) is 16.9. The Balaban J connectivity index is 1.76. The zero-order valence-corrected chi connectivity index (χ0v) is 12.3. The van der Waals surface area contributed by atoms with Crippen LogP contribution in [-0.4, -0.2) is 29.5 Å². The van der Waals surface area contributed by atoms with E-state index < -0.39 is 17.6 Å². The number of anilines is 1. The molecule has 0 fully saturated rings. The van der Waals surface area contributed by atoms with Crippen LogP contribution in [-0.2, 0) is 4.79 Å². The maximum absolute atomic E-state index is 12.9. The SMILES string of the molecule is O=C(Nc1ccc(F)cc1)C1=NN=C/C1=N\C(=O)c1ccccc1. The number of halogens is 1. The first-order chi connectivity index (χ1) is 11.6. The Labute approximate surface area is 136 Å². The van der Waals surface area contributed by atoms with Crippen molar-refractivity contribution in [2.24, 2.45) is 15.2 Å². The fourth-order valence-electron chi connectivity index (χ4n) is 1.98. The molecule has 0 aliphatic carbocycles. The minimum atomic E-state index is -0.585. The predicted octanol–water partition coefficient (Wildman–Crippen LogP) is 2.49. The van der Waals surface area contributed by atoms with E-state index in [9.17, 15) is 14.0 Å². The Bertz CT molecular complexity index is 871. The van der Waals surface area contributed by atoms with Gasteiger partial charge in [0.05, 0.1) is 6.21 Å². The quantitative estimate of drug-likeness (QED) is 0.941. The van der Waals surface area contributed by atoms with Gasteiger partial charge in [0, 0.05) is 11.3 Å². The number of hydrogen-bond acceptors (Lipinski definition) is 4. The van der Waals surface area contributed by atoms with Crippen LogP contribution in [0.4, 0.5) is 10.1 Å². The summed E-state index contributed by atoms with van der Waals surface area (Å²) < 4.78 is 12.9. The number of carbonyl (C=O) groups excluding carboxylic acids is 2. The molecular weight excluding hydrogens is 311 g/mol. The van der Waals surface area contributed by atoms with Crippen molar-refractivity contribution in [1.82, 2.24) is 0 Å². The number of nitrogens with zero attached hydrogens (tertiary/aromatic N) is 3. The zero-order valence-electron chi connectivity index (χ0n) is 12.3. The molecule has 0 aromatic heterocycles. The highest BCUT2D eigenvalue weighted by Crippen LogP contribution is 2.09. The van der Waals surface area contributed by atoms with Crippen LogP contribution < -0.4 is 5.32 Å². The van der Waals surface area contributed by atoms with Gasteiger partial charge in [-0.2, -0.15) is 5.10 Å². The smallest absolute Gasteiger partial charge is 0.278 e. The van der Waals surface area contributed by atoms with Crippen LogP contribution in [0, 0.1) is 5.82 Å². The summed E-state index contributed by atoms with van der Waals surface area (Å²) >= 11 is 0. The lowest BCUT2D eigenvalue weighted by Crippen LogP contribution is -2.29. The van der Waals surface area contributed by atoms with Gasteiger partial charge in [0.1, 0.15) is 11.5 Å². The molecule has 7 heteroatoms. The highest BCUT2D eigenvalue weighted by Gasteiger charge is 2.22. The van der Waals surface area contributed by atoms with Gasteiger partial charge in [-0.1, -0.05) is 18.2 Å². The fourth-order valence-corrected chi connectivity index (χ4v) is 1.98. The van der Waals surface area contributed by atoms with Crippen LogP contribution in [0.5, 0.6) is 0 Å². The minimum absolute atomic E-state index is 0.0727. The van der Waals surface area contributed by atoms with E-state index in [-0.39, 0.29) is 11.4 Å². The van der Waals surface area contributed by atoms with Crippen LogP contribution in [0.3, 0.4) is 0 Å². The van der Waals surface area contributed by atoms with Gasteiger partial charge in [-0.05, 0) is 36.4 Å². The minimum Gasteiger partial charge on any atom is -0.321 e. The van der Waals surface area contributed by atoms with Crippen molar-refractivity contribution in [2.75, 3.05) is 5.32 Å². The molecule has 0 bridgehead atoms. The molecule has 0 unspecified atom stereocenters. The van der Waals surface area contributed by atoms with E-state index in [2.05, 4.69) is 20.5 Å². The summed E-state index contributed by atoms with van der Waals surface area (Å²) in [5.41, 5.74) is 0.778. The van der Waals surface area contributed by atoms with Gasteiger partial charge < -0.3 is 5.32 Å². The molecule has 3 rings (SSSR count). The number of nitrogens with one attached hydrogen (secondary N) is 1. The molecule has 0 saturated carbocycles. The second-order valence-electron chi connectivity index (χ2n) is 4.82. The van der Waals surface area contributed by atoms with Crippen LogP contribution in [0.2, 0.25) is 0 Å². The molecule has 0 atom stereocenters. The molecular formula is C17H11FN4O2. The summed E-state index contributed by atoms with van der Waals surface area (Å²) in [5.74, 6) is -1.50. The molecule has 1 heterocycles. The number of aliphatic imine (C=N–C) groups is 1. The number of amides is 2. The molecule has 1 N–H and O–H groups in total. The van der Waals surface area contributed by atoms with Crippen molar-refractivity contribution in [3.8, 4) is 0 Å². The van der Waals surface area contributed by atoms with E-state index in [4.69, 9.17) is 0 Å². The van der Waals surface area contributed by atoms with Gasteiger partial charge in [0.15, 0.2) is 5.71 Å². The Hall–Kier alpha value is -3.48. The van der Waals surface area contributed by atoms with Crippen LogP contribution in [0.25, 0.3) is 0 Å². The predicted molar refractivity (Wildman–Crippen MR) is 89.2 cm³/mol. The highest BCUT2D eigenvalue weighted by atomic mass is 19.1. The Morgan fingerprint density at radius 2 is 1.71 bits per heavy atom. The maximum Gasteiger partial charge on any atom is 0.278 e. The molecule has 2 amide bonds. The lowest BCUT2D eigenvalue weighted by atomic mass is 10.2.